The maximum absolute atomic E-state index is 5.72. The second-order valence-electron chi connectivity index (χ2n) is 3.28. The fraction of sp³-hybridized carbons (Fsp3) is 0.167. The van der Waals surface area contributed by atoms with Crippen LogP contribution in [0.4, 0.5) is 0 Å². The Morgan fingerprint density at radius 1 is 1.20 bits per heavy atom. The van der Waals surface area contributed by atoms with Crippen LogP contribution >= 0.6 is 15.9 Å². The summed E-state index contributed by atoms with van der Waals surface area (Å²) in [5.74, 6) is 0. The Hall–Kier alpha value is -1.06. The number of alkyl halides is 1. The largest absolute Gasteiger partial charge is 0.351 e. The number of dihydropyridines is 1. The molecule has 0 saturated heterocycles. The highest BCUT2D eigenvalue weighted by Gasteiger charge is 2.23. The van der Waals surface area contributed by atoms with Crippen molar-refractivity contribution in [2.24, 2.45) is 0 Å². The van der Waals surface area contributed by atoms with E-state index in [9.17, 15) is 0 Å². The van der Waals surface area contributed by atoms with Gasteiger partial charge in [-0.25, -0.2) is 0 Å². The summed E-state index contributed by atoms with van der Waals surface area (Å²) in [6, 6.07) is 10.1. The van der Waals surface area contributed by atoms with Crippen LogP contribution in [-0.2, 0) is 11.3 Å². The maximum atomic E-state index is 5.72. The van der Waals surface area contributed by atoms with Gasteiger partial charge in [0.05, 0.1) is 6.61 Å². The van der Waals surface area contributed by atoms with E-state index in [1.54, 1.807) is 0 Å². The number of halogens is 1. The van der Waals surface area contributed by atoms with Gasteiger partial charge in [-0.3, -0.25) is 0 Å². The number of rotatable bonds is 3. The molecule has 1 unspecified atom stereocenters. The van der Waals surface area contributed by atoms with E-state index in [1.165, 1.54) is 0 Å². The molecule has 1 aliphatic rings. The molecule has 1 N–H and O–H groups in total. The first-order valence-electron chi connectivity index (χ1n) is 4.77. The molecule has 0 radical (unpaired) electrons. The van der Waals surface area contributed by atoms with E-state index in [-0.39, 0.29) is 0 Å². The van der Waals surface area contributed by atoms with Gasteiger partial charge in [-0.1, -0.05) is 36.4 Å². The normalized spacial score (nSPS) is 23.8. The van der Waals surface area contributed by atoms with Crippen LogP contribution in [0, 0.1) is 0 Å². The molecule has 0 fully saturated rings. The number of ether oxygens (including phenoxy) is 1. The van der Waals surface area contributed by atoms with Crippen molar-refractivity contribution in [1.29, 1.82) is 0 Å². The molecule has 0 aliphatic carbocycles. The number of allylic oxidation sites excluding steroid dienone is 2. The van der Waals surface area contributed by atoms with Crippen molar-refractivity contribution in [3.63, 3.8) is 0 Å². The van der Waals surface area contributed by atoms with Crippen LogP contribution in [0.5, 0.6) is 0 Å². The molecule has 0 spiro atoms. The third-order valence-corrected chi connectivity index (χ3v) is 2.81. The van der Waals surface area contributed by atoms with Gasteiger partial charge in [0, 0.05) is 0 Å². The molecule has 0 bridgehead atoms. The zero-order valence-electron chi connectivity index (χ0n) is 8.19. The smallest absolute Gasteiger partial charge is 0.215 e. The molecular formula is C12H12BrNO. The summed E-state index contributed by atoms with van der Waals surface area (Å²) < 4.78 is 5.15. The van der Waals surface area contributed by atoms with Gasteiger partial charge in [-0.2, -0.15) is 0 Å². The van der Waals surface area contributed by atoms with Crippen LogP contribution in [-0.4, -0.2) is 4.63 Å². The zero-order valence-corrected chi connectivity index (χ0v) is 9.78. The molecule has 0 amide bonds. The van der Waals surface area contributed by atoms with Gasteiger partial charge in [0.15, 0.2) is 0 Å². The van der Waals surface area contributed by atoms with Gasteiger partial charge < -0.3 is 10.1 Å². The van der Waals surface area contributed by atoms with Crippen LogP contribution in [0.15, 0.2) is 54.8 Å². The van der Waals surface area contributed by atoms with Crippen molar-refractivity contribution in [1.82, 2.24) is 5.32 Å². The van der Waals surface area contributed by atoms with Crippen molar-refractivity contribution in [2.75, 3.05) is 0 Å². The molecule has 2 rings (SSSR count). The molecule has 0 aromatic heterocycles. The van der Waals surface area contributed by atoms with Crippen molar-refractivity contribution in [3.8, 4) is 0 Å². The van der Waals surface area contributed by atoms with Crippen LogP contribution in [0.25, 0.3) is 0 Å². The standard InChI is InChI=1S/C12H12BrNO/c13-12(8-4-5-9-14-12)15-10-11-6-2-1-3-7-11/h1-9,14H,10H2. The molecular weight excluding hydrogens is 254 g/mol. The molecule has 1 aromatic rings. The summed E-state index contributed by atoms with van der Waals surface area (Å²) in [5, 5.41) is 3.09. The van der Waals surface area contributed by atoms with Crippen LogP contribution < -0.4 is 5.32 Å². The molecule has 0 saturated carbocycles. The Bertz CT molecular complexity index is 374. The Kier molecular flexibility index (Phi) is 3.23. The van der Waals surface area contributed by atoms with Crippen LogP contribution in [0.1, 0.15) is 5.56 Å². The predicted molar refractivity (Wildman–Crippen MR) is 64.3 cm³/mol. The topological polar surface area (TPSA) is 21.3 Å². The van der Waals surface area contributed by atoms with Gasteiger partial charge in [-0.05, 0) is 39.8 Å². The Labute approximate surface area is 97.8 Å². The third kappa shape index (κ3) is 2.94. The Balaban J connectivity index is 1.93. The maximum Gasteiger partial charge on any atom is 0.215 e. The summed E-state index contributed by atoms with van der Waals surface area (Å²) in [4.78, 5) is 0. The number of benzene rings is 1. The lowest BCUT2D eigenvalue weighted by molar-refractivity contribution is 0.0373. The number of hydrogen-bond donors (Lipinski definition) is 1. The lowest BCUT2D eigenvalue weighted by atomic mass is 10.2. The second kappa shape index (κ2) is 4.64. The average Bonchev–Trinajstić information content (AvgIpc) is 2.29. The molecule has 1 aliphatic heterocycles. The summed E-state index contributed by atoms with van der Waals surface area (Å²) in [6.45, 7) is 0.567. The lowest BCUT2D eigenvalue weighted by Crippen LogP contribution is -2.37. The zero-order chi connectivity index (χ0) is 10.6. The fourth-order valence-electron chi connectivity index (χ4n) is 1.30. The summed E-state index contributed by atoms with van der Waals surface area (Å²) in [7, 11) is 0. The first-order chi connectivity index (χ1) is 7.29. The summed E-state index contributed by atoms with van der Waals surface area (Å²) >= 11 is 3.48. The van der Waals surface area contributed by atoms with E-state index in [0.29, 0.717) is 6.61 Å². The minimum absolute atomic E-state index is 0.567. The highest BCUT2D eigenvalue weighted by Crippen LogP contribution is 2.22. The van der Waals surface area contributed by atoms with Gasteiger partial charge >= 0.3 is 0 Å². The van der Waals surface area contributed by atoms with Crippen molar-refractivity contribution in [3.05, 3.63) is 60.3 Å². The van der Waals surface area contributed by atoms with E-state index in [2.05, 4.69) is 21.2 Å². The van der Waals surface area contributed by atoms with E-state index >= 15 is 0 Å². The monoisotopic (exact) mass is 265 g/mol. The average molecular weight is 266 g/mol. The minimum Gasteiger partial charge on any atom is -0.351 e. The minimum atomic E-state index is -0.572. The first kappa shape index (κ1) is 10.5. The summed E-state index contributed by atoms with van der Waals surface area (Å²) in [6.07, 6.45) is 7.64. The molecule has 2 nitrogen and oxygen atoms in total. The van der Waals surface area contributed by atoms with Gasteiger partial charge in [0.1, 0.15) is 0 Å². The highest BCUT2D eigenvalue weighted by atomic mass is 79.9. The fourth-order valence-corrected chi connectivity index (χ4v) is 1.70. The molecule has 15 heavy (non-hydrogen) atoms. The molecule has 1 heterocycles. The number of hydrogen-bond acceptors (Lipinski definition) is 2. The van der Waals surface area contributed by atoms with E-state index < -0.39 is 4.63 Å². The Morgan fingerprint density at radius 2 is 2.00 bits per heavy atom. The summed E-state index contributed by atoms with van der Waals surface area (Å²) in [5.41, 5.74) is 1.15. The molecule has 78 valence electrons. The Morgan fingerprint density at radius 3 is 2.67 bits per heavy atom. The molecule has 1 aromatic carbocycles. The van der Waals surface area contributed by atoms with Crippen molar-refractivity contribution in [2.45, 2.75) is 11.2 Å². The van der Waals surface area contributed by atoms with Gasteiger partial charge in [-0.15, -0.1) is 0 Å². The molecule has 3 heteroatoms. The molecule has 1 atom stereocenters. The third-order valence-electron chi connectivity index (χ3n) is 2.09. The van der Waals surface area contributed by atoms with Crippen LogP contribution in [0.2, 0.25) is 0 Å². The van der Waals surface area contributed by atoms with Crippen LogP contribution in [0.3, 0.4) is 0 Å². The van der Waals surface area contributed by atoms with E-state index in [4.69, 9.17) is 4.74 Å². The quantitative estimate of drug-likeness (QED) is 0.671. The lowest BCUT2D eigenvalue weighted by Gasteiger charge is -2.26. The van der Waals surface area contributed by atoms with E-state index in [0.717, 1.165) is 5.56 Å². The van der Waals surface area contributed by atoms with E-state index in [1.807, 2.05) is 54.8 Å². The van der Waals surface area contributed by atoms with Gasteiger partial charge in [0.2, 0.25) is 4.63 Å². The SMILES string of the molecule is BrC1(OCc2ccccc2)C=CC=CN1. The predicted octanol–water partition coefficient (Wildman–Crippen LogP) is 2.93. The first-order valence-corrected chi connectivity index (χ1v) is 5.57. The second-order valence-corrected chi connectivity index (χ2v) is 4.46. The van der Waals surface area contributed by atoms with Gasteiger partial charge in [0.25, 0.3) is 0 Å². The van der Waals surface area contributed by atoms with Crippen molar-refractivity contribution >= 4 is 15.9 Å². The van der Waals surface area contributed by atoms with Crippen molar-refractivity contribution < 1.29 is 4.74 Å². The number of nitrogens with one attached hydrogen (secondary N) is 1. The highest BCUT2D eigenvalue weighted by molar-refractivity contribution is 9.10.